The van der Waals surface area contributed by atoms with Crippen LogP contribution in [0, 0.1) is 5.92 Å². The summed E-state index contributed by atoms with van der Waals surface area (Å²) in [6.07, 6.45) is 0.633. The molecular weight excluding hydrogens is 284 g/mol. The number of hydrogen-bond donors (Lipinski definition) is 1. The molecule has 1 aliphatic carbocycles. The third kappa shape index (κ3) is 2.60. The number of Topliss-reactive ketones (excluding diaryl/α,β-unsaturated/α-hetero) is 2. The van der Waals surface area contributed by atoms with Crippen LogP contribution in [0.2, 0.25) is 0 Å². The number of nitrogens with one attached hydrogen (secondary N) is 1. The summed E-state index contributed by atoms with van der Waals surface area (Å²) in [5.41, 5.74) is 0.553. The van der Waals surface area contributed by atoms with Crippen LogP contribution in [0.4, 0.5) is 5.13 Å². The Balaban J connectivity index is 2.25. The second-order valence-corrected chi connectivity index (χ2v) is 5.29. The van der Waals surface area contributed by atoms with Crippen molar-refractivity contribution < 1.29 is 23.9 Å². The molecule has 2 rings (SSSR count). The van der Waals surface area contributed by atoms with E-state index in [9.17, 15) is 19.2 Å². The predicted octanol–water partition coefficient (Wildman–Crippen LogP) is 0.589. The maximum atomic E-state index is 12.2. The highest BCUT2D eigenvalue weighted by Crippen LogP contribution is 2.32. The number of ketones is 2. The third-order valence-corrected chi connectivity index (χ3v) is 3.92. The van der Waals surface area contributed by atoms with Crippen molar-refractivity contribution in [3.63, 3.8) is 0 Å². The van der Waals surface area contributed by atoms with Gasteiger partial charge < -0.3 is 10.1 Å². The van der Waals surface area contributed by atoms with Crippen LogP contribution >= 0.6 is 11.3 Å². The first-order valence-corrected chi connectivity index (χ1v) is 6.69. The normalized spacial score (nSPS) is 17.3. The van der Waals surface area contributed by atoms with Gasteiger partial charge in [-0.25, -0.2) is 9.78 Å². The van der Waals surface area contributed by atoms with E-state index in [4.69, 9.17) is 0 Å². The Morgan fingerprint density at radius 3 is 2.70 bits per heavy atom. The van der Waals surface area contributed by atoms with Crippen LogP contribution in [0.5, 0.6) is 0 Å². The number of amides is 1. The van der Waals surface area contributed by atoms with Gasteiger partial charge in [0, 0.05) is 6.92 Å². The molecule has 0 fully saturated rings. The molecule has 0 aliphatic heterocycles. The van der Waals surface area contributed by atoms with E-state index in [0.717, 1.165) is 18.4 Å². The Labute approximate surface area is 118 Å². The van der Waals surface area contributed by atoms with E-state index in [1.165, 1.54) is 6.92 Å². The van der Waals surface area contributed by atoms with Gasteiger partial charge in [-0.15, -0.1) is 0 Å². The number of thiazole rings is 1. The van der Waals surface area contributed by atoms with E-state index in [-0.39, 0.29) is 12.3 Å². The van der Waals surface area contributed by atoms with Crippen molar-refractivity contribution in [2.24, 2.45) is 5.92 Å². The highest BCUT2D eigenvalue weighted by molar-refractivity contribution is 7.17. The Morgan fingerprint density at radius 1 is 1.40 bits per heavy atom. The summed E-state index contributed by atoms with van der Waals surface area (Å²) in [5.74, 6) is -3.59. The standard InChI is InChI=1S/C12H12N2O5S/c1-5(15)13-12-14-7-4-3-6(8(16)10(7)20-12)9(17)11(18)19-2/h6H,3-4H2,1-2H3,(H,13,14,15). The van der Waals surface area contributed by atoms with Crippen LogP contribution < -0.4 is 5.32 Å². The number of rotatable bonds is 3. The molecule has 0 bridgehead atoms. The minimum Gasteiger partial charge on any atom is -0.463 e. The van der Waals surface area contributed by atoms with E-state index in [0.29, 0.717) is 22.1 Å². The Hall–Kier alpha value is -2.09. The zero-order chi connectivity index (χ0) is 14.9. The second-order valence-electron chi connectivity index (χ2n) is 4.29. The summed E-state index contributed by atoms with van der Waals surface area (Å²) in [6, 6.07) is 0. The SMILES string of the molecule is COC(=O)C(=O)C1CCc2nc(NC(C)=O)sc2C1=O. The molecule has 1 aliphatic rings. The minimum atomic E-state index is -1.02. The fourth-order valence-electron chi connectivity index (χ4n) is 1.98. The van der Waals surface area contributed by atoms with E-state index >= 15 is 0 Å². The zero-order valence-electron chi connectivity index (χ0n) is 10.9. The number of ether oxygens (including phenoxy) is 1. The Morgan fingerprint density at radius 2 is 2.10 bits per heavy atom. The number of methoxy groups -OCH3 is 1. The van der Waals surface area contributed by atoms with Gasteiger partial charge in [0.1, 0.15) is 0 Å². The molecule has 0 radical (unpaired) electrons. The van der Waals surface area contributed by atoms with Crippen LogP contribution in [0.15, 0.2) is 0 Å². The summed E-state index contributed by atoms with van der Waals surface area (Å²) in [6.45, 7) is 1.34. The van der Waals surface area contributed by atoms with Crippen molar-refractivity contribution in [2.45, 2.75) is 19.8 Å². The maximum absolute atomic E-state index is 12.2. The van der Waals surface area contributed by atoms with E-state index in [2.05, 4.69) is 15.0 Å². The van der Waals surface area contributed by atoms with Crippen molar-refractivity contribution in [3.05, 3.63) is 10.6 Å². The lowest BCUT2D eigenvalue weighted by Gasteiger charge is -2.17. The molecule has 0 saturated heterocycles. The zero-order valence-corrected chi connectivity index (χ0v) is 11.7. The monoisotopic (exact) mass is 296 g/mol. The number of hydrogen-bond acceptors (Lipinski definition) is 7. The third-order valence-electron chi connectivity index (χ3n) is 2.89. The number of carbonyl (C=O) groups is 4. The lowest BCUT2D eigenvalue weighted by atomic mass is 9.86. The number of aromatic nitrogens is 1. The van der Waals surface area contributed by atoms with Gasteiger partial charge in [-0.2, -0.15) is 0 Å². The van der Waals surface area contributed by atoms with Crippen LogP contribution in [0.25, 0.3) is 0 Å². The first kappa shape index (κ1) is 14.3. The Bertz CT molecular complexity index is 607. The molecule has 1 heterocycles. The molecule has 7 nitrogen and oxygen atoms in total. The second kappa shape index (κ2) is 5.49. The van der Waals surface area contributed by atoms with Crippen molar-refractivity contribution in [1.29, 1.82) is 0 Å². The van der Waals surface area contributed by atoms with E-state index in [1.54, 1.807) is 0 Å². The predicted molar refractivity (Wildman–Crippen MR) is 69.6 cm³/mol. The number of aryl methyl sites for hydroxylation is 1. The minimum absolute atomic E-state index is 0.225. The van der Waals surface area contributed by atoms with E-state index in [1.807, 2.05) is 0 Å². The first-order chi connectivity index (χ1) is 9.43. The molecule has 1 atom stereocenters. The molecular formula is C12H12N2O5S. The van der Waals surface area contributed by atoms with Crippen molar-refractivity contribution >= 4 is 39.9 Å². The lowest BCUT2D eigenvalue weighted by molar-refractivity contribution is -0.153. The largest absolute Gasteiger partial charge is 0.463 e. The molecule has 1 aromatic heterocycles. The number of nitrogens with zero attached hydrogens (tertiary/aromatic N) is 1. The Kier molecular flexibility index (Phi) is 3.93. The van der Waals surface area contributed by atoms with Crippen LogP contribution in [0.1, 0.15) is 28.7 Å². The van der Waals surface area contributed by atoms with Gasteiger partial charge in [-0.05, 0) is 12.8 Å². The molecule has 106 valence electrons. The molecule has 1 unspecified atom stereocenters. The fourth-order valence-corrected chi connectivity index (χ4v) is 3.03. The van der Waals surface area contributed by atoms with Gasteiger partial charge in [0.2, 0.25) is 5.91 Å². The first-order valence-electron chi connectivity index (χ1n) is 5.87. The summed E-state index contributed by atoms with van der Waals surface area (Å²) in [7, 11) is 1.10. The van der Waals surface area contributed by atoms with Crippen LogP contribution in [0.3, 0.4) is 0 Å². The average Bonchev–Trinajstić information content (AvgIpc) is 2.80. The van der Waals surface area contributed by atoms with Gasteiger partial charge in [-0.1, -0.05) is 11.3 Å². The highest BCUT2D eigenvalue weighted by atomic mass is 32.1. The van der Waals surface area contributed by atoms with Gasteiger partial charge in [-0.3, -0.25) is 14.4 Å². The quantitative estimate of drug-likeness (QED) is 0.497. The molecule has 0 aromatic carbocycles. The molecule has 1 N–H and O–H groups in total. The van der Waals surface area contributed by atoms with Gasteiger partial charge >= 0.3 is 5.97 Å². The smallest absolute Gasteiger partial charge is 0.375 e. The topological polar surface area (TPSA) is 102 Å². The molecule has 20 heavy (non-hydrogen) atoms. The summed E-state index contributed by atoms with van der Waals surface area (Å²) >= 11 is 1.02. The number of fused-ring (bicyclic) bond motifs is 1. The number of carbonyl (C=O) groups excluding carboxylic acids is 4. The summed E-state index contributed by atoms with van der Waals surface area (Å²) in [4.78, 5) is 50.6. The van der Waals surface area contributed by atoms with Gasteiger partial charge in [0.25, 0.3) is 5.78 Å². The van der Waals surface area contributed by atoms with Crippen molar-refractivity contribution in [2.75, 3.05) is 12.4 Å². The molecule has 0 spiro atoms. The molecule has 1 aromatic rings. The lowest BCUT2D eigenvalue weighted by Crippen LogP contribution is -2.34. The number of esters is 1. The van der Waals surface area contributed by atoms with Crippen LogP contribution in [-0.2, 0) is 25.5 Å². The average molecular weight is 296 g/mol. The van der Waals surface area contributed by atoms with Crippen molar-refractivity contribution in [1.82, 2.24) is 4.98 Å². The molecule has 1 amide bonds. The summed E-state index contributed by atoms with van der Waals surface area (Å²) < 4.78 is 4.35. The van der Waals surface area contributed by atoms with Gasteiger partial charge in [0.15, 0.2) is 10.9 Å². The maximum Gasteiger partial charge on any atom is 0.375 e. The molecule has 8 heteroatoms. The van der Waals surface area contributed by atoms with Crippen molar-refractivity contribution in [3.8, 4) is 0 Å². The molecule has 0 saturated carbocycles. The van der Waals surface area contributed by atoms with Crippen LogP contribution in [-0.4, -0.2) is 35.5 Å². The number of anilines is 1. The fraction of sp³-hybridized carbons (Fsp3) is 0.417. The highest BCUT2D eigenvalue weighted by Gasteiger charge is 2.38. The van der Waals surface area contributed by atoms with E-state index < -0.39 is 23.5 Å². The van der Waals surface area contributed by atoms with Gasteiger partial charge in [0.05, 0.1) is 23.6 Å². The summed E-state index contributed by atoms with van der Waals surface area (Å²) in [5, 5.41) is 2.82.